The zero-order valence-corrected chi connectivity index (χ0v) is 21.8. The quantitative estimate of drug-likeness (QED) is 0.408. The van der Waals surface area contributed by atoms with Gasteiger partial charge in [-0.2, -0.15) is 0 Å². The number of hydrogen-bond acceptors (Lipinski definition) is 0. The molecule has 0 amide bonds. The van der Waals surface area contributed by atoms with E-state index in [-0.39, 0.29) is 0 Å². The maximum Gasteiger partial charge on any atom is 0.291 e. The van der Waals surface area contributed by atoms with Crippen LogP contribution in [0, 0.1) is 26.7 Å². The third-order valence-corrected chi connectivity index (χ3v) is 8.97. The molecule has 1 fully saturated rings. The topological polar surface area (TPSA) is 0 Å². The molecule has 0 atom stereocenters. The van der Waals surface area contributed by atoms with Crippen molar-refractivity contribution >= 4 is 22.7 Å². The summed E-state index contributed by atoms with van der Waals surface area (Å²) < 4.78 is 0.987. The zero-order valence-electron chi connectivity index (χ0n) is 21.8. The fourth-order valence-corrected chi connectivity index (χ4v) is 7.26. The van der Waals surface area contributed by atoms with E-state index in [1.165, 1.54) is 65.3 Å². The number of quaternary nitrogens is 1. The van der Waals surface area contributed by atoms with E-state index in [1.807, 2.05) is 0 Å². The minimum absolute atomic E-state index is 0.710. The highest BCUT2D eigenvalue weighted by Gasteiger charge is 2.54. The molecule has 1 saturated carbocycles. The van der Waals surface area contributed by atoms with Crippen molar-refractivity contribution in [3.8, 4) is 0 Å². The summed E-state index contributed by atoms with van der Waals surface area (Å²) in [7, 11) is 4.98. The van der Waals surface area contributed by atoms with Crippen LogP contribution in [0.2, 0.25) is 0 Å². The second-order valence-corrected chi connectivity index (χ2v) is 11.7. The molecule has 1 aliphatic carbocycles. The van der Waals surface area contributed by atoms with Crippen molar-refractivity contribution in [1.82, 2.24) is 0 Å². The summed E-state index contributed by atoms with van der Waals surface area (Å²) in [5.41, 5.74) is 11.7. The Bertz CT molecular complexity index is 1130. The van der Waals surface area contributed by atoms with Crippen molar-refractivity contribution in [3.05, 3.63) is 101 Å². The smallest absolute Gasteiger partial charge is 0.291 e. The molecule has 1 heterocycles. The van der Waals surface area contributed by atoms with E-state index in [9.17, 15) is 0 Å². The van der Waals surface area contributed by atoms with Gasteiger partial charge >= 0.3 is 0 Å². The summed E-state index contributed by atoms with van der Waals surface area (Å²) in [5, 5.41) is 0. The van der Waals surface area contributed by atoms with Crippen LogP contribution in [0.25, 0.3) is 5.47 Å². The third-order valence-electron chi connectivity index (χ3n) is 8.97. The lowest BCUT2D eigenvalue weighted by atomic mass is 9.21. The van der Waals surface area contributed by atoms with Crippen LogP contribution in [0.5, 0.6) is 0 Å². The normalized spacial score (nSPS) is 20.0. The molecule has 0 spiro atoms. The number of benzene rings is 3. The molecule has 0 radical (unpaired) electrons. The Morgan fingerprint density at radius 3 is 1.53 bits per heavy atom. The van der Waals surface area contributed by atoms with E-state index in [2.05, 4.69) is 108 Å². The fraction of sp³-hybridized carbons (Fsp3) is 0.375. The molecule has 5 rings (SSSR count). The van der Waals surface area contributed by atoms with Crippen molar-refractivity contribution in [2.24, 2.45) is 5.92 Å². The standard InChI is InChI=1S/C32H40BN/c1-24-11-17-28(18-12-24)32-31(27-9-7-6-8-10-27)23-34(4,5)33(32,29-19-13-25(2)14-20-29)30-21-15-26(3)16-22-30/h11-22,27H,6-10,23H2,1-5H3. The second-order valence-electron chi connectivity index (χ2n) is 11.7. The van der Waals surface area contributed by atoms with E-state index in [4.69, 9.17) is 0 Å². The van der Waals surface area contributed by atoms with Crippen LogP contribution in [0.1, 0.15) is 54.4 Å². The van der Waals surface area contributed by atoms with Gasteiger partial charge in [-0.1, -0.05) is 114 Å². The van der Waals surface area contributed by atoms with Crippen LogP contribution in [0.4, 0.5) is 0 Å². The van der Waals surface area contributed by atoms with Gasteiger partial charge in [0.25, 0.3) is 6.28 Å². The number of hydrogen-bond donors (Lipinski definition) is 0. The van der Waals surface area contributed by atoms with Crippen molar-refractivity contribution in [3.63, 3.8) is 0 Å². The molecular formula is C32H40BN. The molecule has 0 unspecified atom stereocenters. The number of likely N-dealkylation sites (N-methyl/N-ethyl adjacent to an activating group) is 1. The van der Waals surface area contributed by atoms with Crippen LogP contribution in [0.3, 0.4) is 0 Å². The third kappa shape index (κ3) is 3.77. The Balaban J connectivity index is 1.87. The van der Waals surface area contributed by atoms with Crippen molar-refractivity contribution in [2.75, 3.05) is 20.6 Å². The Kier molecular flexibility index (Phi) is 6.06. The summed E-state index contributed by atoms with van der Waals surface area (Å²) >= 11 is 0. The summed E-state index contributed by atoms with van der Waals surface area (Å²) in [6.45, 7) is 7.74. The van der Waals surface area contributed by atoms with E-state index >= 15 is 0 Å². The molecule has 34 heavy (non-hydrogen) atoms. The summed E-state index contributed by atoms with van der Waals surface area (Å²) in [5.74, 6) is 0.710. The molecule has 3 aromatic rings. The summed E-state index contributed by atoms with van der Waals surface area (Å²) in [6, 6.07) is 28.4. The molecule has 2 heteroatoms. The number of rotatable bonds is 4. The van der Waals surface area contributed by atoms with Crippen molar-refractivity contribution in [1.29, 1.82) is 0 Å². The fourth-order valence-electron chi connectivity index (χ4n) is 7.26. The highest BCUT2D eigenvalue weighted by atomic mass is 15.3. The molecule has 0 N–H and O–H groups in total. The monoisotopic (exact) mass is 449 g/mol. The van der Waals surface area contributed by atoms with Gasteiger partial charge in [0.2, 0.25) is 0 Å². The predicted octanol–water partition coefficient (Wildman–Crippen LogP) is 6.33. The zero-order chi connectivity index (χ0) is 23.9. The average Bonchev–Trinajstić information content (AvgIpc) is 3.09. The average molecular weight is 449 g/mol. The summed E-state index contributed by atoms with van der Waals surface area (Å²) in [6.07, 6.45) is 5.64. The first kappa shape index (κ1) is 23.2. The molecule has 2 aliphatic rings. The highest BCUT2D eigenvalue weighted by Crippen LogP contribution is 2.46. The molecule has 176 valence electrons. The minimum Gasteiger partial charge on any atom is -0.505 e. The Labute approximate surface area is 207 Å². The highest BCUT2D eigenvalue weighted by molar-refractivity contribution is 7.10. The van der Waals surface area contributed by atoms with Gasteiger partial charge in [-0.3, -0.25) is 0 Å². The first-order valence-corrected chi connectivity index (χ1v) is 13.3. The van der Waals surface area contributed by atoms with Crippen LogP contribution in [0.15, 0.2) is 78.4 Å². The van der Waals surface area contributed by atoms with Gasteiger partial charge in [-0.25, -0.2) is 0 Å². The van der Waals surface area contributed by atoms with Crippen LogP contribution >= 0.6 is 0 Å². The first-order chi connectivity index (χ1) is 16.3. The first-order valence-electron chi connectivity index (χ1n) is 13.3. The van der Waals surface area contributed by atoms with Gasteiger partial charge in [0, 0.05) is 14.1 Å². The molecule has 0 saturated heterocycles. The van der Waals surface area contributed by atoms with E-state index in [0.29, 0.717) is 5.92 Å². The lowest BCUT2D eigenvalue weighted by molar-refractivity contribution is -0.778. The van der Waals surface area contributed by atoms with E-state index < -0.39 is 6.28 Å². The molecule has 0 bridgehead atoms. The second kappa shape index (κ2) is 8.89. The lowest BCUT2D eigenvalue weighted by Crippen LogP contribution is -2.75. The molecular weight excluding hydrogens is 409 g/mol. The van der Waals surface area contributed by atoms with Crippen LogP contribution in [-0.2, 0) is 0 Å². The van der Waals surface area contributed by atoms with Gasteiger partial charge < -0.3 is 4.39 Å². The molecule has 0 aromatic heterocycles. The van der Waals surface area contributed by atoms with E-state index in [1.54, 1.807) is 11.0 Å². The van der Waals surface area contributed by atoms with Gasteiger partial charge in [0.15, 0.2) is 0 Å². The largest absolute Gasteiger partial charge is 0.505 e. The van der Waals surface area contributed by atoms with Crippen LogP contribution < -0.4 is 10.9 Å². The predicted molar refractivity (Wildman–Crippen MR) is 149 cm³/mol. The Morgan fingerprint density at radius 1 is 0.618 bits per heavy atom. The van der Waals surface area contributed by atoms with Gasteiger partial charge in [0.05, 0.1) is 6.54 Å². The Morgan fingerprint density at radius 2 is 1.06 bits per heavy atom. The molecule has 1 aliphatic heterocycles. The van der Waals surface area contributed by atoms with Crippen molar-refractivity contribution < 1.29 is 4.39 Å². The maximum absolute atomic E-state index is 2.49. The van der Waals surface area contributed by atoms with Gasteiger partial charge in [-0.05, 0) is 45.1 Å². The SMILES string of the molecule is Cc1ccc(C2=C(C3CCCCC3)C[N+](C)(C)[B-]2(c2ccc(C)cc2)c2ccc(C)cc2)cc1. The van der Waals surface area contributed by atoms with E-state index in [0.717, 1.165) is 10.9 Å². The minimum atomic E-state index is -1.20. The number of nitrogens with zero attached hydrogens (tertiary/aromatic N) is 1. The molecule has 1 nitrogen and oxygen atoms in total. The summed E-state index contributed by atoms with van der Waals surface area (Å²) in [4.78, 5) is 0. The Hall–Kier alpha value is -2.58. The van der Waals surface area contributed by atoms with Gasteiger partial charge in [0.1, 0.15) is 0 Å². The van der Waals surface area contributed by atoms with Crippen LogP contribution in [-0.4, -0.2) is 31.3 Å². The number of aryl methyl sites for hydroxylation is 3. The van der Waals surface area contributed by atoms with Crippen molar-refractivity contribution in [2.45, 2.75) is 52.9 Å². The van der Waals surface area contributed by atoms with Gasteiger partial charge in [-0.15, -0.1) is 16.4 Å². The maximum atomic E-state index is 2.49. The molecule has 3 aromatic carbocycles. The lowest BCUT2D eigenvalue weighted by Gasteiger charge is -2.54.